The molecule has 0 aliphatic heterocycles. The summed E-state index contributed by atoms with van der Waals surface area (Å²) in [5.74, 6) is 0. The summed E-state index contributed by atoms with van der Waals surface area (Å²) in [7, 11) is 0. The molecule has 0 saturated carbocycles. The Bertz CT molecular complexity index is 419. The van der Waals surface area contributed by atoms with Crippen LogP contribution in [0.25, 0.3) is 9.75 Å². The van der Waals surface area contributed by atoms with Crippen LogP contribution in [0.1, 0.15) is 11.1 Å². The van der Waals surface area contributed by atoms with E-state index >= 15 is 0 Å². The van der Waals surface area contributed by atoms with E-state index in [1.165, 1.54) is 20.9 Å². The fourth-order valence-corrected chi connectivity index (χ4v) is 3.94. The summed E-state index contributed by atoms with van der Waals surface area (Å²) < 4.78 is 0. The maximum absolute atomic E-state index is 5.35. The van der Waals surface area contributed by atoms with Gasteiger partial charge in [0, 0.05) is 11.1 Å². The van der Waals surface area contributed by atoms with E-state index in [-0.39, 0.29) is 0 Å². The van der Waals surface area contributed by atoms with Crippen LogP contribution < -0.4 is 0 Å². The van der Waals surface area contributed by atoms with Crippen LogP contribution in [0, 0.1) is 0 Å². The molecule has 0 aromatic carbocycles. The van der Waals surface area contributed by atoms with Gasteiger partial charge in [0.25, 0.3) is 0 Å². The van der Waals surface area contributed by atoms with Crippen LogP contribution in [-0.4, -0.2) is 4.86 Å². The van der Waals surface area contributed by atoms with Gasteiger partial charge in [0.2, 0.25) is 0 Å². The van der Waals surface area contributed by atoms with Gasteiger partial charge in [-0.25, -0.2) is 0 Å². The number of thiocarbonyl (C=S) groups is 1. The molecule has 0 spiro atoms. The first-order valence-electron chi connectivity index (χ1n) is 3.58. The molecular weight excluding hydrogens is 204 g/mol. The molecule has 3 rings (SSSR count). The second kappa shape index (κ2) is 2.25. The first-order valence-corrected chi connectivity index (χ1v) is 5.75. The lowest BCUT2D eigenvalue weighted by Crippen LogP contribution is -1.88. The highest BCUT2D eigenvalue weighted by Crippen LogP contribution is 2.43. The average molecular weight is 208 g/mol. The molecule has 2 heterocycles. The van der Waals surface area contributed by atoms with Gasteiger partial charge >= 0.3 is 0 Å². The third kappa shape index (κ3) is 0.690. The van der Waals surface area contributed by atoms with E-state index in [4.69, 9.17) is 12.2 Å². The number of rotatable bonds is 0. The summed E-state index contributed by atoms with van der Waals surface area (Å²) in [6.07, 6.45) is 0. The Kier molecular flexibility index (Phi) is 1.30. The van der Waals surface area contributed by atoms with Crippen molar-refractivity contribution in [1.82, 2.24) is 0 Å². The van der Waals surface area contributed by atoms with Crippen molar-refractivity contribution in [2.24, 2.45) is 0 Å². The van der Waals surface area contributed by atoms with E-state index in [0.717, 1.165) is 4.86 Å². The highest BCUT2D eigenvalue weighted by atomic mass is 32.1. The monoisotopic (exact) mass is 208 g/mol. The predicted octanol–water partition coefficient (Wildman–Crippen LogP) is 3.56. The molecule has 1 aliphatic rings. The molecule has 0 radical (unpaired) electrons. The predicted molar refractivity (Wildman–Crippen MR) is 58.4 cm³/mol. The van der Waals surface area contributed by atoms with Crippen LogP contribution >= 0.6 is 34.9 Å². The van der Waals surface area contributed by atoms with Crippen LogP contribution in [0.15, 0.2) is 22.9 Å². The Labute approximate surface area is 83.5 Å². The third-order valence-electron chi connectivity index (χ3n) is 2.03. The molecular formula is C9H4S3. The van der Waals surface area contributed by atoms with E-state index in [9.17, 15) is 0 Å². The first-order chi connectivity index (χ1) is 5.88. The van der Waals surface area contributed by atoms with Crippen LogP contribution in [0.3, 0.4) is 0 Å². The molecule has 0 atom stereocenters. The summed E-state index contributed by atoms with van der Waals surface area (Å²) >= 11 is 8.92. The number of hydrogen-bond acceptors (Lipinski definition) is 3. The van der Waals surface area contributed by atoms with Crippen molar-refractivity contribution in [3.8, 4) is 9.75 Å². The standard InChI is InChI=1S/C9H4S3/c10-7-5-1-3-11-8(5)9-6(7)2-4-12-9/h1-4H. The van der Waals surface area contributed by atoms with E-state index < -0.39 is 0 Å². The van der Waals surface area contributed by atoms with Crippen molar-refractivity contribution in [2.45, 2.75) is 0 Å². The van der Waals surface area contributed by atoms with E-state index in [1.807, 2.05) is 0 Å². The Balaban J connectivity index is 2.47. The van der Waals surface area contributed by atoms with E-state index in [1.54, 1.807) is 22.7 Å². The van der Waals surface area contributed by atoms with Gasteiger partial charge < -0.3 is 0 Å². The van der Waals surface area contributed by atoms with Crippen LogP contribution in [0.5, 0.6) is 0 Å². The summed E-state index contributed by atoms with van der Waals surface area (Å²) in [4.78, 5) is 3.76. The minimum absolute atomic E-state index is 1.03. The molecule has 0 bridgehead atoms. The Morgan fingerprint density at radius 1 is 0.917 bits per heavy atom. The zero-order valence-electron chi connectivity index (χ0n) is 6.03. The highest BCUT2D eigenvalue weighted by molar-refractivity contribution is 7.81. The van der Waals surface area contributed by atoms with Crippen molar-refractivity contribution in [3.63, 3.8) is 0 Å². The average Bonchev–Trinajstić information content (AvgIpc) is 2.72. The van der Waals surface area contributed by atoms with Gasteiger partial charge in [0.1, 0.15) is 0 Å². The molecule has 2 aromatic heterocycles. The Hall–Kier alpha value is -0.510. The first kappa shape index (κ1) is 6.95. The molecule has 0 fully saturated rings. The topological polar surface area (TPSA) is 0 Å². The van der Waals surface area contributed by atoms with Gasteiger partial charge in [-0.2, -0.15) is 0 Å². The smallest absolute Gasteiger partial charge is 0.0551 e. The lowest BCUT2D eigenvalue weighted by Gasteiger charge is -1.88. The van der Waals surface area contributed by atoms with Gasteiger partial charge in [-0.1, -0.05) is 12.2 Å². The molecule has 2 aromatic rings. The van der Waals surface area contributed by atoms with Crippen LogP contribution in [0.4, 0.5) is 0 Å². The van der Waals surface area contributed by atoms with Gasteiger partial charge in [-0.05, 0) is 22.9 Å². The Morgan fingerprint density at radius 2 is 1.42 bits per heavy atom. The van der Waals surface area contributed by atoms with E-state index in [0.29, 0.717) is 0 Å². The zero-order chi connectivity index (χ0) is 8.13. The summed E-state index contributed by atoms with van der Waals surface area (Å²) in [5, 5.41) is 4.22. The fraction of sp³-hybridized carbons (Fsp3) is 0. The van der Waals surface area contributed by atoms with Gasteiger partial charge in [-0.3, -0.25) is 0 Å². The maximum Gasteiger partial charge on any atom is 0.0551 e. The summed E-state index contributed by atoms with van der Waals surface area (Å²) in [6.45, 7) is 0. The van der Waals surface area contributed by atoms with Gasteiger partial charge in [0.05, 0.1) is 14.6 Å². The Morgan fingerprint density at radius 3 is 1.92 bits per heavy atom. The molecule has 0 nitrogen and oxygen atoms in total. The molecule has 58 valence electrons. The van der Waals surface area contributed by atoms with Crippen molar-refractivity contribution >= 4 is 39.8 Å². The van der Waals surface area contributed by atoms with Crippen molar-refractivity contribution in [2.75, 3.05) is 0 Å². The quantitative estimate of drug-likeness (QED) is 0.509. The maximum atomic E-state index is 5.35. The summed E-state index contributed by atoms with van der Waals surface area (Å²) in [6, 6.07) is 4.24. The van der Waals surface area contributed by atoms with Crippen molar-refractivity contribution in [1.29, 1.82) is 0 Å². The lowest BCUT2D eigenvalue weighted by atomic mass is 10.2. The molecule has 12 heavy (non-hydrogen) atoms. The molecule has 0 amide bonds. The number of fused-ring (bicyclic) bond motifs is 3. The lowest BCUT2D eigenvalue weighted by molar-refractivity contribution is 1.92. The number of hydrogen-bond donors (Lipinski definition) is 0. The molecule has 0 unspecified atom stereocenters. The van der Waals surface area contributed by atoms with Crippen molar-refractivity contribution < 1.29 is 0 Å². The third-order valence-corrected chi connectivity index (χ3v) is 4.46. The minimum Gasteiger partial charge on any atom is -0.142 e. The second-order valence-electron chi connectivity index (χ2n) is 2.66. The molecule has 0 N–H and O–H groups in total. The van der Waals surface area contributed by atoms with Crippen LogP contribution in [0.2, 0.25) is 0 Å². The second-order valence-corrected chi connectivity index (χ2v) is 4.90. The van der Waals surface area contributed by atoms with Crippen LogP contribution in [-0.2, 0) is 0 Å². The normalized spacial score (nSPS) is 13.2. The largest absolute Gasteiger partial charge is 0.142 e. The minimum atomic E-state index is 1.03. The van der Waals surface area contributed by atoms with Gasteiger partial charge in [0.15, 0.2) is 0 Å². The summed E-state index contributed by atoms with van der Waals surface area (Å²) in [5.41, 5.74) is 2.52. The molecule has 0 saturated heterocycles. The highest BCUT2D eigenvalue weighted by Gasteiger charge is 2.25. The van der Waals surface area contributed by atoms with Gasteiger partial charge in [-0.15, -0.1) is 22.7 Å². The number of thiophene rings is 2. The SMILES string of the molecule is S=C1c2ccsc2-c2sccc21. The zero-order valence-corrected chi connectivity index (χ0v) is 8.48. The fourth-order valence-electron chi connectivity index (χ4n) is 1.47. The van der Waals surface area contributed by atoms with Crippen molar-refractivity contribution in [3.05, 3.63) is 34.0 Å². The molecule has 1 aliphatic carbocycles. The molecule has 3 heteroatoms. The van der Waals surface area contributed by atoms with E-state index in [2.05, 4.69) is 22.9 Å².